The maximum absolute atomic E-state index is 12.1. The number of hydrogen-bond acceptors (Lipinski definition) is 4. The summed E-state index contributed by atoms with van der Waals surface area (Å²) in [5.41, 5.74) is 4.34. The van der Waals surface area contributed by atoms with E-state index in [0.717, 1.165) is 29.7 Å². The predicted molar refractivity (Wildman–Crippen MR) is 105 cm³/mol. The summed E-state index contributed by atoms with van der Waals surface area (Å²) >= 11 is 0. The van der Waals surface area contributed by atoms with Gasteiger partial charge in [0.15, 0.2) is 0 Å². The molecule has 0 unspecified atom stereocenters. The first-order valence-electron chi connectivity index (χ1n) is 8.35. The summed E-state index contributed by atoms with van der Waals surface area (Å²) in [7, 11) is -3.78. The Morgan fingerprint density at radius 1 is 1.00 bits per heavy atom. The average Bonchev–Trinajstić information content (AvgIpc) is 2.67. The fourth-order valence-corrected chi connectivity index (χ4v) is 3.01. The van der Waals surface area contributed by atoms with Crippen molar-refractivity contribution < 1.29 is 13.2 Å². The zero-order valence-corrected chi connectivity index (χ0v) is 15.7. The van der Waals surface area contributed by atoms with E-state index in [-0.39, 0.29) is 0 Å². The van der Waals surface area contributed by atoms with Gasteiger partial charge >= 0.3 is 0 Å². The van der Waals surface area contributed by atoms with Crippen molar-refractivity contribution in [2.24, 2.45) is 0 Å². The van der Waals surface area contributed by atoms with Crippen LogP contribution in [0, 0.1) is 0 Å². The molecule has 2 rings (SSSR count). The Kier molecular flexibility index (Phi) is 6.94. The SMILES string of the molecule is CCN(CC)c1ccc(C(=O)NNS(=O)(=O)/C=C/c2ccccc2)cc1. The minimum Gasteiger partial charge on any atom is -0.372 e. The summed E-state index contributed by atoms with van der Waals surface area (Å²) in [6.45, 7) is 5.86. The van der Waals surface area contributed by atoms with Crippen molar-refractivity contribution in [1.82, 2.24) is 10.3 Å². The zero-order chi connectivity index (χ0) is 19.0. The van der Waals surface area contributed by atoms with Crippen molar-refractivity contribution in [3.63, 3.8) is 0 Å². The lowest BCUT2D eigenvalue weighted by atomic mass is 10.2. The first kappa shape index (κ1) is 19.7. The molecule has 0 atom stereocenters. The number of nitrogens with zero attached hydrogens (tertiary/aromatic N) is 1. The number of amides is 1. The van der Waals surface area contributed by atoms with Crippen LogP contribution in [0.4, 0.5) is 5.69 Å². The first-order valence-corrected chi connectivity index (χ1v) is 9.90. The number of hydrazine groups is 1. The molecule has 0 aliphatic heterocycles. The van der Waals surface area contributed by atoms with E-state index in [1.165, 1.54) is 6.08 Å². The van der Waals surface area contributed by atoms with E-state index >= 15 is 0 Å². The number of carbonyl (C=O) groups is 1. The molecular weight excluding hydrogens is 350 g/mol. The molecule has 7 heteroatoms. The lowest BCUT2D eigenvalue weighted by Crippen LogP contribution is -2.40. The number of benzene rings is 2. The highest BCUT2D eigenvalue weighted by Crippen LogP contribution is 2.14. The molecular formula is C19H23N3O3S. The van der Waals surface area contributed by atoms with Crippen LogP contribution in [-0.4, -0.2) is 27.4 Å². The van der Waals surface area contributed by atoms with Crippen LogP contribution >= 0.6 is 0 Å². The molecule has 0 saturated heterocycles. The van der Waals surface area contributed by atoms with Crippen LogP contribution in [0.3, 0.4) is 0 Å². The molecule has 0 saturated carbocycles. The van der Waals surface area contributed by atoms with Gasteiger partial charge in [-0.1, -0.05) is 30.3 Å². The Hall–Kier alpha value is -2.64. The summed E-state index contributed by atoms with van der Waals surface area (Å²) in [6, 6.07) is 16.0. The molecule has 0 aliphatic rings. The molecule has 138 valence electrons. The Labute approximate surface area is 154 Å². The second-order valence-electron chi connectivity index (χ2n) is 5.53. The molecule has 26 heavy (non-hydrogen) atoms. The van der Waals surface area contributed by atoms with Crippen LogP contribution in [0.2, 0.25) is 0 Å². The molecule has 1 amide bonds. The molecule has 6 nitrogen and oxygen atoms in total. The number of carbonyl (C=O) groups excluding carboxylic acids is 1. The van der Waals surface area contributed by atoms with E-state index in [2.05, 4.69) is 29.0 Å². The van der Waals surface area contributed by atoms with Gasteiger partial charge in [-0.2, -0.15) is 0 Å². The van der Waals surface area contributed by atoms with E-state index in [4.69, 9.17) is 0 Å². The van der Waals surface area contributed by atoms with Crippen LogP contribution < -0.4 is 15.2 Å². The van der Waals surface area contributed by atoms with E-state index in [0.29, 0.717) is 5.56 Å². The highest BCUT2D eigenvalue weighted by atomic mass is 32.2. The molecule has 2 aromatic carbocycles. The van der Waals surface area contributed by atoms with Crippen molar-refractivity contribution in [1.29, 1.82) is 0 Å². The van der Waals surface area contributed by atoms with Crippen LogP contribution in [0.1, 0.15) is 29.8 Å². The van der Waals surface area contributed by atoms with E-state index in [1.54, 1.807) is 24.3 Å². The van der Waals surface area contributed by atoms with Gasteiger partial charge in [0.2, 0.25) is 0 Å². The highest BCUT2D eigenvalue weighted by molar-refractivity contribution is 7.92. The van der Waals surface area contributed by atoms with E-state index in [1.807, 2.05) is 30.3 Å². The topological polar surface area (TPSA) is 78.5 Å². The number of sulfonamides is 1. The average molecular weight is 373 g/mol. The quantitative estimate of drug-likeness (QED) is 0.698. The smallest absolute Gasteiger partial charge is 0.266 e. The molecule has 0 bridgehead atoms. The third-order valence-corrected chi connectivity index (χ3v) is 4.69. The van der Waals surface area contributed by atoms with E-state index in [9.17, 15) is 13.2 Å². The second-order valence-corrected chi connectivity index (χ2v) is 7.10. The second kappa shape index (κ2) is 9.17. The largest absolute Gasteiger partial charge is 0.372 e. The van der Waals surface area contributed by atoms with Crippen LogP contribution in [0.5, 0.6) is 0 Å². The summed E-state index contributed by atoms with van der Waals surface area (Å²) in [4.78, 5) is 16.3. The summed E-state index contributed by atoms with van der Waals surface area (Å²) in [5, 5.41) is 1.01. The van der Waals surface area contributed by atoms with Gasteiger partial charge in [-0.25, -0.2) is 8.42 Å². The lowest BCUT2D eigenvalue weighted by molar-refractivity contribution is 0.0945. The van der Waals surface area contributed by atoms with Gasteiger partial charge < -0.3 is 4.90 Å². The fraction of sp³-hybridized carbons (Fsp3) is 0.211. The van der Waals surface area contributed by atoms with Crippen LogP contribution in [0.15, 0.2) is 60.0 Å². The zero-order valence-electron chi connectivity index (χ0n) is 14.8. The summed E-state index contributed by atoms with van der Waals surface area (Å²) in [5.74, 6) is -0.521. The van der Waals surface area contributed by atoms with Crippen molar-refractivity contribution in [2.45, 2.75) is 13.8 Å². The molecule has 0 spiro atoms. The number of anilines is 1. The Morgan fingerprint density at radius 2 is 1.62 bits per heavy atom. The monoisotopic (exact) mass is 373 g/mol. The molecule has 0 aromatic heterocycles. The normalized spacial score (nSPS) is 11.5. The van der Waals surface area contributed by atoms with E-state index < -0.39 is 15.9 Å². The van der Waals surface area contributed by atoms with Gasteiger partial charge in [0.25, 0.3) is 15.9 Å². The first-order chi connectivity index (χ1) is 12.4. The lowest BCUT2D eigenvalue weighted by Gasteiger charge is -2.21. The minimum atomic E-state index is -3.78. The number of rotatable bonds is 8. The van der Waals surface area contributed by atoms with Crippen LogP contribution in [-0.2, 0) is 10.0 Å². The molecule has 2 aromatic rings. The van der Waals surface area contributed by atoms with Crippen molar-refractivity contribution in [3.8, 4) is 0 Å². The van der Waals surface area contributed by atoms with Crippen molar-refractivity contribution in [3.05, 3.63) is 71.1 Å². The Bertz CT molecular complexity index is 843. The summed E-state index contributed by atoms with van der Waals surface area (Å²) in [6.07, 6.45) is 1.45. The summed E-state index contributed by atoms with van der Waals surface area (Å²) < 4.78 is 23.9. The number of hydrogen-bond donors (Lipinski definition) is 2. The van der Waals surface area contributed by atoms with Gasteiger partial charge in [-0.15, -0.1) is 4.83 Å². The molecule has 0 aliphatic carbocycles. The highest BCUT2D eigenvalue weighted by Gasteiger charge is 2.10. The van der Waals surface area contributed by atoms with Gasteiger partial charge in [0.05, 0.1) is 0 Å². The van der Waals surface area contributed by atoms with Crippen LogP contribution in [0.25, 0.3) is 6.08 Å². The molecule has 2 N–H and O–H groups in total. The van der Waals surface area contributed by atoms with Crippen molar-refractivity contribution >= 4 is 27.7 Å². The standard InChI is InChI=1S/C19H23N3O3S/c1-3-22(4-2)18-12-10-17(11-13-18)19(23)20-21-26(24,25)15-14-16-8-6-5-7-9-16/h5-15,21H,3-4H2,1-2H3,(H,20,23)/b15-14+. The van der Waals surface area contributed by atoms with Gasteiger partial charge in [0.1, 0.15) is 0 Å². The van der Waals surface area contributed by atoms with Gasteiger partial charge in [-0.3, -0.25) is 10.2 Å². The maximum Gasteiger partial charge on any atom is 0.266 e. The maximum atomic E-state index is 12.1. The van der Waals surface area contributed by atoms with Crippen molar-refractivity contribution in [2.75, 3.05) is 18.0 Å². The predicted octanol–water partition coefficient (Wildman–Crippen LogP) is 2.77. The third kappa shape index (κ3) is 5.72. The Morgan fingerprint density at radius 3 is 2.19 bits per heavy atom. The molecule has 0 heterocycles. The Balaban J connectivity index is 1.96. The van der Waals surface area contributed by atoms with Gasteiger partial charge in [0, 0.05) is 29.7 Å². The van der Waals surface area contributed by atoms with Gasteiger partial charge in [-0.05, 0) is 49.8 Å². The minimum absolute atomic E-state index is 0.371. The third-order valence-electron chi connectivity index (χ3n) is 3.80. The number of nitrogens with one attached hydrogen (secondary N) is 2. The fourth-order valence-electron chi connectivity index (χ4n) is 2.37. The molecule has 0 radical (unpaired) electrons. The molecule has 0 fully saturated rings.